The van der Waals surface area contributed by atoms with E-state index in [2.05, 4.69) is 47.1 Å². The van der Waals surface area contributed by atoms with Crippen molar-refractivity contribution in [1.82, 2.24) is 14.8 Å². The zero-order valence-electron chi connectivity index (χ0n) is 13.5. The van der Waals surface area contributed by atoms with Crippen LogP contribution in [-0.4, -0.2) is 20.6 Å². The second-order valence-electron chi connectivity index (χ2n) is 5.94. The molecule has 0 radical (unpaired) electrons. The molecule has 0 amide bonds. The van der Waals surface area contributed by atoms with Gasteiger partial charge in [-0.05, 0) is 38.1 Å². The Labute approximate surface area is 139 Å². The summed E-state index contributed by atoms with van der Waals surface area (Å²) in [6.45, 7) is 4.53. The van der Waals surface area contributed by atoms with Crippen molar-refractivity contribution >= 4 is 17.6 Å². The normalized spacial score (nSPS) is 13.9. The molecule has 3 aromatic rings. The molecule has 24 heavy (non-hydrogen) atoms. The number of aryl methyl sites for hydroxylation is 2. The predicted molar refractivity (Wildman–Crippen MR) is 93.1 cm³/mol. The van der Waals surface area contributed by atoms with Crippen LogP contribution in [0.15, 0.2) is 46.0 Å². The van der Waals surface area contributed by atoms with Gasteiger partial charge in [-0.3, -0.25) is 0 Å². The predicted octanol–water partition coefficient (Wildman–Crippen LogP) is 3.02. The number of aliphatic imine (C=N–C) groups is 1. The Kier molecular flexibility index (Phi) is 3.30. The maximum absolute atomic E-state index is 6.08. The zero-order valence-corrected chi connectivity index (χ0v) is 13.5. The Morgan fingerprint density at radius 3 is 2.67 bits per heavy atom. The molecule has 0 spiro atoms. The lowest BCUT2D eigenvalue weighted by Gasteiger charge is -2.05. The molecule has 2 aromatic heterocycles. The van der Waals surface area contributed by atoms with Crippen molar-refractivity contribution in [1.29, 1.82) is 0 Å². The van der Waals surface area contributed by atoms with Crippen LogP contribution in [0, 0.1) is 13.8 Å². The molecule has 0 saturated carbocycles. The molecule has 6 nitrogen and oxygen atoms in total. The van der Waals surface area contributed by atoms with E-state index in [1.54, 1.807) is 10.9 Å². The third kappa shape index (κ3) is 2.62. The number of hydrogen-bond acceptors (Lipinski definition) is 5. The van der Waals surface area contributed by atoms with Crippen LogP contribution in [0.3, 0.4) is 0 Å². The summed E-state index contributed by atoms with van der Waals surface area (Å²) in [4.78, 5) is 9.10. The molecule has 1 aliphatic rings. The average molecular weight is 319 g/mol. The first kappa shape index (κ1) is 14.4. The number of fused-ring (bicyclic) bond motifs is 1. The van der Waals surface area contributed by atoms with Crippen molar-refractivity contribution in [3.05, 3.63) is 59.1 Å². The third-order valence-corrected chi connectivity index (χ3v) is 3.80. The van der Waals surface area contributed by atoms with Crippen molar-refractivity contribution in [2.45, 2.75) is 20.4 Å². The minimum absolute atomic E-state index is 0.397. The fourth-order valence-electron chi connectivity index (χ4n) is 2.86. The summed E-state index contributed by atoms with van der Waals surface area (Å²) >= 11 is 0. The van der Waals surface area contributed by atoms with Gasteiger partial charge >= 0.3 is 0 Å². The van der Waals surface area contributed by atoms with Crippen LogP contribution in [0.5, 0.6) is 0 Å². The third-order valence-electron chi connectivity index (χ3n) is 3.80. The number of aromatic nitrogens is 3. The summed E-state index contributed by atoms with van der Waals surface area (Å²) in [5, 5.41) is 4.47. The summed E-state index contributed by atoms with van der Waals surface area (Å²) in [6, 6.07) is 9.96. The number of nitrogens with zero attached hydrogens (tertiary/aromatic N) is 4. The van der Waals surface area contributed by atoms with E-state index in [-0.39, 0.29) is 0 Å². The van der Waals surface area contributed by atoms with Crippen LogP contribution in [-0.2, 0) is 6.54 Å². The SMILES string of the molecule is Cc1cc(C)cc(C2=Cc3nc(-c4ccco4)nn3CC(N)=N2)c1. The molecule has 2 N–H and O–H groups in total. The van der Waals surface area contributed by atoms with Gasteiger partial charge in [0.15, 0.2) is 11.6 Å². The number of benzene rings is 1. The van der Waals surface area contributed by atoms with Crippen molar-refractivity contribution in [3.8, 4) is 11.6 Å². The van der Waals surface area contributed by atoms with Crippen molar-refractivity contribution in [3.63, 3.8) is 0 Å². The first-order valence-electron chi connectivity index (χ1n) is 7.70. The van der Waals surface area contributed by atoms with Crippen LogP contribution in [0.2, 0.25) is 0 Å². The van der Waals surface area contributed by atoms with Crippen molar-refractivity contribution in [2.24, 2.45) is 10.7 Å². The highest BCUT2D eigenvalue weighted by Gasteiger charge is 2.17. The van der Waals surface area contributed by atoms with Crippen molar-refractivity contribution in [2.75, 3.05) is 0 Å². The molecule has 120 valence electrons. The average Bonchev–Trinajstić information content (AvgIpc) is 3.13. The largest absolute Gasteiger partial charge is 0.461 e. The molecule has 1 aromatic carbocycles. The van der Waals surface area contributed by atoms with E-state index < -0.39 is 0 Å². The minimum Gasteiger partial charge on any atom is -0.461 e. The van der Waals surface area contributed by atoms with Gasteiger partial charge in [0.2, 0.25) is 5.82 Å². The molecular weight excluding hydrogens is 302 g/mol. The fourth-order valence-corrected chi connectivity index (χ4v) is 2.86. The van der Waals surface area contributed by atoms with Crippen LogP contribution in [0.4, 0.5) is 0 Å². The second-order valence-corrected chi connectivity index (χ2v) is 5.94. The number of nitrogens with two attached hydrogens (primary N) is 1. The number of rotatable bonds is 2. The minimum atomic E-state index is 0.397. The second kappa shape index (κ2) is 5.49. The monoisotopic (exact) mass is 319 g/mol. The molecule has 1 aliphatic heterocycles. The summed E-state index contributed by atoms with van der Waals surface area (Å²) < 4.78 is 7.12. The Morgan fingerprint density at radius 2 is 1.96 bits per heavy atom. The standard InChI is InChI=1S/C18H17N5O/c1-11-6-12(2)8-13(7-11)14-9-17-21-18(15-4-3-5-24-15)22-23(17)10-16(19)20-14/h3-9H,10H2,1-2H3,(H2,19,20). The summed E-state index contributed by atoms with van der Waals surface area (Å²) in [7, 11) is 0. The molecule has 4 rings (SSSR count). The van der Waals surface area contributed by atoms with Crippen LogP contribution in [0.1, 0.15) is 22.5 Å². The van der Waals surface area contributed by atoms with E-state index >= 15 is 0 Å². The molecule has 0 fully saturated rings. The Hall–Kier alpha value is -3.15. The molecule has 0 aliphatic carbocycles. The lowest BCUT2D eigenvalue weighted by Crippen LogP contribution is -2.20. The van der Waals surface area contributed by atoms with E-state index in [1.165, 1.54) is 11.1 Å². The van der Waals surface area contributed by atoms with Gasteiger partial charge in [-0.25, -0.2) is 14.7 Å². The van der Waals surface area contributed by atoms with Crippen LogP contribution >= 0.6 is 0 Å². The van der Waals surface area contributed by atoms with E-state index in [4.69, 9.17) is 10.2 Å². The van der Waals surface area contributed by atoms with Crippen molar-refractivity contribution < 1.29 is 4.42 Å². The maximum Gasteiger partial charge on any atom is 0.217 e. The van der Waals surface area contributed by atoms with Crippen LogP contribution in [0.25, 0.3) is 23.4 Å². The van der Waals surface area contributed by atoms with Gasteiger partial charge in [0.05, 0.1) is 12.0 Å². The molecule has 0 atom stereocenters. The molecule has 0 unspecified atom stereocenters. The van der Waals surface area contributed by atoms with Gasteiger partial charge in [-0.1, -0.05) is 17.2 Å². The zero-order chi connectivity index (χ0) is 16.7. The van der Waals surface area contributed by atoms with E-state index in [0.717, 1.165) is 11.3 Å². The Morgan fingerprint density at radius 1 is 1.17 bits per heavy atom. The van der Waals surface area contributed by atoms with E-state index in [0.29, 0.717) is 29.8 Å². The van der Waals surface area contributed by atoms with E-state index in [1.807, 2.05) is 18.2 Å². The summed E-state index contributed by atoms with van der Waals surface area (Å²) in [6.07, 6.45) is 3.52. The van der Waals surface area contributed by atoms with E-state index in [9.17, 15) is 0 Å². The smallest absolute Gasteiger partial charge is 0.217 e. The lowest BCUT2D eigenvalue weighted by molar-refractivity contribution is 0.575. The maximum atomic E-state index is 6.08. The molecule has 0 saturated heterocycles. The van der Waals surface area contributed by atoms with Gasteiger partial charge in [0, 0.05) is 11.6 Å². The highest BCUT2D eigenvalue weighted by atomic mass is 16.3. The summed E-state index contributed by atoms with van der Waals surface area (Å²) in [5.74, 6) is 2.38. The highest BCUT2D eigenvalue weighted by molar-refractivity contribution is 5.92. The quantitative estimate of drug-likeness (QED) is 0.787. The molecular formula is C18H17N5O. The highest BCUT2D eigenvalue weighted by Crippen LogP contribution is 2.25. The topological polar surface area (TPSA) is 82.2 Å². The Balaban J connectivity index is 1.83. The Bertz CT molecular complexity index is 943. The van der Waals surface area contributed by atoms with Gasteiger partial charge < -0.3 is 10.2 Å². The molecule has 6 heteroatoms. The lowest BCUT2D eigenvalue weighted by atomic mass is 10.0. The van der Waals surface area contributed by atoms with Gasteiger partial charge in [0.1, 0.15) is 12.4 Å². The number of hydrogen-bond donors (Lipinski definition) is 1. The number of furan rings is 1. The van der Waals surface area contributed by atoms with Gasteiger partial charge in [0.25, 0.3) is 0 Å². The fraction of sp³-hybridized carbons (Fsp3) is 0.167. The first-order chi connectivity index (χ1) is 11.6. The van der Waals surface area contributed by atoms with Gasteiger partial charge in [-0.15, -0.1) is 5.10 Å². The first-order valence-corrected chi connectivity index (χ1v) is 7.70. The molecule has 0 bridgehead atoms. The van der Waals surface area contributed by atoms with Crippen LogP contribution < -0.4 is 5.73 Å². The molecule has 3 heterocycles. The summed E-state index contributed by atoms with van der Waals surface area (Å²) in [5.41, 5.74) is 10.3. The number of amidine groups is 1. The van der Waals surface area contributed by atoms with Gasteiger partial charge in [-0.2, -0.15) is 0 Å².